The lowest BCUT2D eigenvalue weighted by molar-refractivity contribution is 0.0455. The van der Waals surface area contributed by atoms with Gasteiger partial charge in [-0.05, 0) is 31.2 Å². The van der Waals surface area contributed by atoms with Gasteiger partial charge < -0.3 is 5.73 Å². The molecule has 2 nitrogen and oxygen atoms in total. The highest BCUT2D eigenvalue weighted by Gasteiger charge is 2.37. The van der Waals surface area contributed by atoms with Crippen molar-refractivity contribution in [3.63, 3.8) is 0 Å². The molecule has 0 heterocycles. The largest absolute Gasteiger partial charge is 0.326 e. The van der Waals surface area contributed by atoms with Crippen LogP contribution in [0.25, 0.3) is 0 Å². The second-order valence-corrected chi connectivity index (χ2v) is 6.65. The highest BCUT2D eigenvalue weighted by atomic mass is 15.2. The van der Waals surface area contributed by atoms with Crippen molar-refractivity contribution in [1.82, 2.24) is 4.90 Å². The van der Waals surface area contributed by atoms with E-state index in [0.717, 1.165) is 19.0 Å². The number of nitrogens with two attached hydrogens (primary N) is 1. The Morgan fingerprint density at radius 1 is 1.18 bits per heavy atom. The molecule has 1 rings (SSSR count). The monoisotopic (exact) mass is 240 g/mol. The summed E-state index contributed by atoms with van der Waals surface area (Å²) in [5.41, 5.74) is 6.68. The molecule has 2 N–H and O–H groups in total. The Morgan fingerprint density at radius 3 is 2.06 bits per heavy atom. The molecule has 17 heavy (non-hydrogen) atoms. The summed E-state index contributed by atoms with van der Waals surface area (Å²) in [6, 6.07) is 1.60. The maximum absolute atomic E-state index is 6.41. The zero-order valence-electron chi connectivity index (χ0n) is 12.5. The van der Waals surface area contributed by atoms with Gasteiger partial charge in [0, 0.05) is 18.1 Å². The molecule has 0 aliphatic heterocycles. The lowest BCUT2D eigenvalue weighted by atomic mass is 9.79. The molecule has 0 radical (unpaired) electrons. The van der Waals surface area contributed by atoms with Gasteiger partial charge in [0.25, 0.3) is 0 Å². The second kappa shape index (κ2) is 6.19. The summed E-state index contributed by atoms with van der Waals surface area (Å²) in [7, 11) is 0. The minimum atomic E-state index is 0.272. The number of hydrogen-bond donors (Lipinski definition) is 1. The molecular weight excluding hydrogens is 208 g/mol. The molecule has 1 saturated carbocycles. The van der Waals surface area contributed by atoms with Crippen LogP contribution in [0.15, 0.2) is 0 Å². The van der Waals surface area contributed by atoms with Gasteiger partial charge in [0.05, 0.1) is 0 Å². The van der Waals surface area contributed by atoms with Crippen LogP contribution in [0.1, 0.15) is 66.7 Å². The quantitative estimate of drug-likeness (QED) is 0.798. The zero-order valence-corrected chi connectivity index (χ0v) is 12.5. The minimum Gasteiger partial charge on any atom is -0.326 e. The van der Waals surface area contributed by atoms with Gasteiger partial charge in [-0.2, -0.15) is 0 Å². The van der Waals surface area contributed by atoms with Gasteiger partial charge in [-0.25, -0.2) is 0 Å². The Bertz CT molecular complexity index is 213. The van der Waals surface area contributed by atoms with Crippen LogP contribution in [0.3, 0.4) is 0 Å². The summed E-state index contributed by atoms with van der Waals surface area (Å²) >= 11 is 0. The summed E-state index contributed by atoms with van der Waals surface area (Å²) in [4.78, 5) is 2.70. The zero-order chi connectivity index (χ0) is 13.1. The number of nitrogens with zero attached hydrogens (tertiary/aromatic N) is 1. The third-order valence-electron chi connectivity index (χ3n) is 4.28. The molecule has 0 spiro atoms. The Morgan fingerprint density at radius 2 is 1.71 bits per heavy atom. The standard InChI is InChI=1S/C15H32N2/c1-6-13(16)14(15(3,4)5)17(7-2)12-10-8-9-11-12/h12-14H,6-11,16H2,1-5H3. The number of likely N-dealkylation sites (N-methyl/N-ethyl adjacent to an activating group) is 1. The summed E-state index contributed by atoms with van der Waals surface area (Å²) in [6.45, 7) is 12.7. The topological polar surface area (TPSA) is 29.3 Å². The molecule has 0 aromatic heterocycles. The Kier molecular flexibility index (Phi) is 5.46. The van der Waals surface area contributed by atoms with Crippen LogP contribution in [0.5, 0.6) is 0 Å². The van der Waals surface area contributed by atoms with Gasteiger partial charge in [0.2, 0.25) is 0 Å². The lowest BCUT2D eigenvalue weighted by Crippen LogP contribution is -2.57. The summed E-state index contributed by atoms with van der Waals surface area (Å²) in [5, 5.41) is 0. The van der Waals surface area contributed by atoms with E-state index in [-0.39, 0.29) is 5.41 Å². The molecule has 0 saturated heterocycles. The first-order valence-electron chi connectivity index (χ1n) is 7.43. The molecule has 0 aromatic carbocycles. The van der Waals surface area contributed by atoms with Gasteiger partial charge in [0.1, 0.15) is 0 Å². The van der Waals surface area contributed by atoms with Crippen LogP contribution in [0.4, 0.5) is 0 Å². The smallest absolute Gasteiger partial charge is 0.0298 e. The molecular formula is C15H32N2. The minimum absolute atomic E-state index is 0.272. The molecule has 1 aliphatic rings. The van der Waals surface area contributed by atoms with E-state index in [9.17, 15) is 0 Å². The first kappa shape index (κ1) is 15.0. The van der Waals surface area contributed by atoms with Crippen molar-refractivity contribution in [2.45, 2.75) is 84.8 Å². The highest BCUT2D eigenvalue weighted by Crippen LogP contribution is 2.33. The SMILES string of the molecule is CCC(N)C(N(CC)C1CCCC1)C(C)(C)C. The van der Waals surface area contributed by atoms with Gasteiger partial charge in [-0.1, -0.05) is 47.5 Å². The van der Waals surface area contributed by atoms with E-state index in [1.165, 1.54) is 25.7 Å². The number of hydrogen-bond acceptors (Lipinski definition) is 2. The van der Waals surface area contributed by atoms with E-state index in [0.29, 0.717) is 12.1 Å². The molecule has 2 heteroatoms. The number of rotatable bonds is 5. The first-order chi connectivity index (χ1) is 7.91. The van der Waals surface area contributed by atoms with Crippen molar-refractivity contribution >= 4 is 0 Å². The third-order valence-corrected chi connectivity index (χ3v) is 4.28. The molecule has 2 atom stereocenters. The van der Waals surface area contributed by atoms with Crippen molar-refractivity contribution in [2.24, 2.45) is 11.1 Å². The average molecular weight is 240 g/mol. The van der Waals surface area contributed by atoms with Gasteiger partial charge in [0.15, 0.2) is 0 Å². The van der Waals surface area contributed by atoms with Crippen LogP contribution < -0.4 is 5.73 Å². The Balaban J connectivity index is 2.85. The molecule has 1 aliphatic carbocycles. The molecule has 1 fully saturated rings. The van der Waals surface area contributed by atoms with E-state index in [2.05, 4.69) is 39.5 Å². The van der Waals surface area contributed by atoms with Crippen molar-refractivity contribution in [3.05, 3.63) is 0 Å². The maximum atomic E-state index is 6.41. The lowest BCUT2D eigenvalue weighted by Gasteiger charge is -2.46. The van der Waals surface area contributed by atoms with Crippen molar-refractivity contribution in [3.8, 4) is 0 Å². The van der Waals surface area contributed by atoms with Crippen LogP contribution in [-0.2, 0) is 0 Å². The van der Waals surface area contributed by atoms with Crippen molar-refractivity contribution in [2.75, 3.05) is 6.54 Å². The fourth-order valence-corrected chi connectivity index (χ4v) is 3.53. The Labute approximate surface area is 108 Å². The van der Waals surface area contributed by atoms with E-state index in [4.69, 9.17) is 5.73 Å². The summed E-state index contributed by atoms with van der Waals surface area (Å²) in [5.74, 6) is 0. The maximum Gasteiger partial charge on any atom is 0.0298 e. The molecule has 2 unspecified atom stereocenters. The van der Waals surface area contributed by atoms with E-state index in [1.807, 2.05) is 0 Å². The van der Waals surface area contributed by atoms with Crippen LogP contribution in [-0.4, -0.2) is 29.6 Å². The van der Waals surface area contributed by atoms with Crippen LogP contribution in [0.2, 0.25) is 0 Å². The van der Waals surface area contributed by atoms with E-state index in [1.54, 1.807) is 0 Å². The third kappa shape index (κ3) is 3.69. The van der Waals surface area contributed by atoms with Crippen molar-refractivity contribution in [1.29, 1.82) is 0 Å². The highest BCUT2D eigenvalue weighted by molar-refractivity contribution is 4.94. The predicted molar refractivity (Wildman–Crippen MR) is 76.1 cm³/mol. The average Bonchev–Trinajstić information content (AvgIpc) is 2.76. The fraction of sp³-hybridized carbons (Fsp3) is 1.00. The molecule has 0 amide bonds. The summed E-state index contributed by atoms with van der Waals surface area (Å²) < 4.78 is 0. The van der Waals surface area contributed by atoms with Gasteiger partial charge >= 0.3 is 0 Å². The predicted octanol–water partition coefficient (Wildman–Crippen LogP) is 3.40. The fourth-order valence-electron chi connectivity index (χ4n) is 3.53. The van der Waals surface area contributed by atoms with E-state index >= 15 is 0 Å². The van der Waals surface area contributed by atoms with Gasteiger partial charge in [-0.3, -0.25) is 4.90 Å². The molecule has 0 bridgehead atoms. The van der Waals surface area contributed by atoms with E-state index < -0.39 is 0 Å². The van der Waals surface area contributed by atoms with Crippen LogP contribution >= 0.6 is 0 Å². The van der Waals surface area contributed by atoms with Crippen LogP contribution in [0, 0.1) is 5.41 Å². The van der Waals surface area contributed by atoms with Gasteiger partial charge in [-0.15, -0.1) is 0 Å². The van der Waals surface area contributed by atoms with Crippen molar-refractivity contribution < 1.29 is 0 Å². The molecule has 0 aromatic rings. The first-order valence-corrected chi connectivity index (χ1v) is 7.43. The second-order valence-electron chi connectivity index (χ2n) is 6.65. The molecule has 102 valence electrons. The summed E-state index contributed by atoms with van der Waals surface area (Å²) in [6.07, 6.45) is 6.62. The Hall–Kier alpha value is -0.0800. The normalized spacial score (nSPS) is 22.1.